The summed E-state index contributed by atoms with van der Waals surface area (Å²) in [6, 6.07) is 2.27. The van der Waals surface area contributed by atoms with Gasteiger partial charge in [0.15, 0.2) is 0 Å². The van der Waals surface area contributed by atoms with Gasteiger partial charge in [0.2, 0.25) is 0 Å². The quantitative estimate of drug-likeness (QED) is 0.918. The first-order valence-corrected chi connectivity index (χ1v) is 7.80. The van der Waals surface area contributed by atoms with Crippen LogP contribution in [-0.2, 0) is 6.54 Å². The van der Waals surface area contributed by atoms with Crippen molar-refractivity contribution in [1.82, 2.24) is 15.2 Å². The summed E-state index contributed by atoms with van der Waals surface area (Å²) in [5.41, 5.74) is 3.10. The number of hydrogen-bond donors (Lipinski definition) is 1. The molecule has 1 aromatic rings. The largest absolute Gasteiger partial charge is 0.309 e. The van der Waals surface area contributed by atoms with E-state index in [0.717, 1.165) is 25.6 Å². The zero-order chi connectivity index (χ0) is 14.4. The first-order chi connectivity index (χ1) is 9.39. The molecule has 1 saturated heterocycles. The maximum Gasteiger partial charge on any atom is 0.0338 e. The fourth-order valence-corrected chi connectivity index (χ4v) is 3.51. The van der Waals surface area contributed by atoms with Gasteiger partial charge in [-0.1, -0.05) is 6.07 Å². The molecule has 1 aromatic heterocycles. The van der Waals surface area contributed by atoms with Gasteiger partial charge in [0, 0.05) is 43.1 Å². The fourth-order valence-electron chi connectivity index (χ4n) is 3.51. The number of nitrogens with one attached hydrogen (secondary N) is 1. The van der Waals surface area contributed by atoms with Crippen LogP contribution in [0.15, 0.2) is 18.5 Å². The molecule has 3 rings (SSSR count). The molecule has 0 radical (unpaired) electrons. The summed E-state index contributed by atoms with van der Waals surface area (Å²) in [7, 11) is 0. The van der Waals surface area contributed by atoms with E-state index in [1.54, 1.807) is 0 Å². The molecule has 3 nitrogen and oxygen atoms in total. The highest BCUT2D eigenvalue weighted by Gasteiger charge is 2.49. The molecule has 1 atom stereocenters. The minimum atomic E-state index is 0.200. The molecule has 110 valence electrons. The Morgan fingerprint density at radius 3 is 2.70 bits per heavy atom. The Morgan fingerprint density at radius 2 is 2.05 bits per heavy atom. The Morgan fingerprint density at radius 1 is 1.30 bits per heavy atom. The van der Waals surface area contributed by atoms with E-state index in [1.165, 1.54) is 24.0 Å². The average Bonchev–Trinajstić information content (AvgIpc) is 3.18. The van der Waals surface area contributed by atoms with Gasteiger partial charge in [-0.25, -0.2) is 0 Å². The van der Waals surface area contributed by atoms with Crippen LogP contribution in [-0.4, -0.2) is 34.1 Å². The van der Waals surface area contributed by atoms with E-state index in [2.05, 4.69) is 49.0 Å². The molecule has 1 N–H and O–H groups in total. The van der Waals surface area contributed by atoms with Crippen molar-refractivity contribution in [2.75, 3.05) is 13.1 Å². The van der Waals surface area contributed by atoms with Gasteiger partial charge in [-0.2, -0.15) is 0 Å². The standard InChI is InChI=1S/C17H27N3/c1-13-7-14(9-18-8-13)10-20-12-16(2,3)19-11-17(20,4)15-5-6-15/h7-9,15,19H,5-6,10-12H2,1-4H3. The van der Waals surface area contributed by atoms with Gasteiger partial charge in [0.05, 0.1) is 0 Å². The summed E-state index contributed by atoms with van der Waals surface area (Å²) in [5, 5.41) is 3.74. The van der Waals surface area contributed by atoms with Gasteiger partial charge in [-0.3, -0.25) is 9.88 Å². The first-order valence-electron chi connectivity index (χ1n) is 7.80. The number of piperazine rings is 1. The molecule has 1 unspecified atom stereocenters. The lowest BCUT2D eigenvalue weighted by Crippen LogP contribution is -2.67. The Bertz CT molecular complexity index is 493. The van der Waals surface area contributed by atoms with Gasteiger partial charge in [0.1, 0.15) is 0 Å². The minimum Gasteiger partial charge on any atom is -0.309 e. The maximum atomic E-state index is 4.35. The van der Waals surface area contributed by atoms with Crippen LogP contribution >= 0.6 is 0 Å². The Kier molecular flexibility index (Phi) is 3.38. The van der Waals surface area contributed by atoms with Crippen LogP contribution in [0.25, 0.3) is 0 Å². The van der Waals surface area contributed by atoms with E-state index >= 15 is 0 Å². The number of rotatable bonds is 3. The molecule has 2 aliphatic rings. The van der Waals surface area contributed by atoms with E-state index in [1.807, 2.05) is 12.4 Å². The van der Waals surface area contributed by atoms with Crippen molar-refractivity contribution in [3.05, 3.63) is 29.6 Å². The highest BCUT2D eigenvalue weighted by Crippen LogP contribution is 2.45. The summed E-state index contributed by atoms with van der Waals surface area (Å²) < 4.78 is 0. The third-order valence-electron chi connectivity index (χ3n) is 5.00. The third kappa shape index (κ3) is 2.75. The molecule has 0 bridgehead atoms. The van der Waals surface area contributed by atoms with E-state index in [9.17, 15) is 0 Å². The number of aryl methyl sites for hydroxylation is 1. The lowest BCUT2D eigenvalue weighted by Gasteiger charge is -2.52. The smallest absolute Gasteiger partial charge is 0.0338 e. The van der Waals surface area contributed by atoms with E-state index in [4.69, 9.17) is 0 Å². The first kappa shape index (κ1) is 14.0. The normalized spacial score (nSPS) is 30.4. The lowest BCUT2D eigenvalue weighted by molar-refractivity contribution is 0.00513. The van der Waals surface area contributed by atoms with Crippen molar-refractivity contribution in [2.45, 2.75) is 58.2 Å². The summed E-state index contributed by atoms with van der Waals surface area (Å²) >= 11 is 0. The second kappa shape index (κ2) is 4.81. The van der Waals surface area contributed by atoms with Crippen LogP contribution < -0.4 is 5.32 Å². The molecule has 0 spiro atoms. The molecule has 1 aliphatic carbocycles. The SMILES string of the molecule is Cc1cncc(CN2CC(C)(C)NCC2(C)C2CC2)c1. The average molecular weight is 273 g/mol. The van der Waals surface area contributed by atoms with Crippen molar-refractivity contribution >= 4 is 0 Å². The van der Waals surface area contributed by atoms with Crippen LogP contribution in [0, 0.1) is 12.8 Å². The van der Waals surface area contributed by atoms with Crippen LogP contribution in [0.5, 0.6) is 0 Å². The van der Waals surface area contributed by atoms with E-state index < -0.39 is 0 Å². The molecule has 0 amide bonds. The van der Waals surface area contributed by atoms with Crippen molar-refractivity contribution in [1.29, 1.82) is 0 Å². The molecular weight excluding hydrogens is 246 g/mol. The van der Waals surface area contributed by atoms with Crippen LogP contribution in [0.4, 0.5) is 0 Å². The molecule has 0 aromatic carbocycles. The second-order valence-corrected chi connectivity index (χ2v) is 7.60. The number of pyridine rings is 1. The minimum absolute atomic E-state index is 0.200. The van der Waals surface area contributed by atoms with E-state index in [0.29, 0.717) is 5.54 Å². The van der Waals surface area contributed by atoms with Crippen LogP contribution in [0.2, 0.25) is 0 Å². The summed E-state index contributed by atoms with van der Waals surface area (Å²) in [5.74, 6) is 0.865. The lowest BCUT2D eigenvalue weighted by atomic mass is 9.85. The Labute approximate surface area is 122 Å². The fraction of sp³-hybridized carbons (Fsp3) is 0.706. The number of nitrogens with zero attached hydrogens (tertiary/aromatic N) is 2. The molecule has 2 heterocycles. The van der Waals surface area contributed by atoms with Gasteiger partial charge in [-0.05, 0) is 57.6 Å². The van der Waals surface area contributed by atoms with Gasteiger partial charge >= 0.3 is 0 Å². The third-order valence-corrected chi connectivity index (χ3v) is 5.00. The topological polar surface area (TPSA) is 28.2 Å². The zero-order valence-electron chi connectivity index (χ0n) is 13.2. The van der Waals surface area contributed by atoms with Crippen molar-refractivity contribution in [3.63, 3.8) is 0 Å². The zero-order valence-corrected chi connectivity index (χ0v) is 13.2. The van der Waals surface area contributed by atoms with Crippen molar-refractivity contribution in [2.24, 2.45) is 5.92 Å². The predicted molar refractivity (Wildman–Crippen MR) is 82.6 cm³/mol. The number of hydrogen-bond acceptors (Lipinski definition) is 3. The monoisotopic (exact) mass is 273 g/mol. The Balaban J connectivity index is 1.82. The molecule has 2 fully saturated rings. The van der Waals surface area contributed by atoms with Crippen LogP contribution in [0.1, 0.15) is 44.7 Å². The van der Waals surface area contributed by atoms with Crippen molar-refractivity contribution < 1.29 is 0 Å². The molecular formula is C17H27N3. The highest BCUT2D eigenvalue weighted by atomic mass is 15.3. The van der Waals surface area contributed by atoms with Gasteiger partial charge in [-0.15, -0.1) is 0 Å². The van der Waals surface area contributed by atoms with Gasteiger partial charge < -0.3 is 5.32 Å². The highest BCUT2D eigenvalue weighted by molar-refractivity contribution is 5.18. The maximum absolute atomic E-state index is 4.35. The predicted octanol–water partition coefficient (Wildman–Crippen LogP) is 2.74. The Hall–Kier alpha value is -0.930. The van der Waals surface area contributed by atoms with Crippen molar-refractivity contribution in [3.8, 4) is 0 Å². The summed E-state index contributed by atoms with van der Waals surface area (Å²) in [6.45, 7) is 12.4. The van der Waals surface area contributed by atoms with E-state index in [-0.39, 0.29) is 5.54 Å². The molecule has 1 saturated carbocycles. The summed E-state index contributed by atoms with van der Waals surface area (Å²) in [6.07, 6.45) is 6.74. The second-order valence-electron chi connectivity index (χ2n) is 7.60. The molecule has 3 heteroatoms. The van der Waals surface area contributed by atoms with Gasteiger partial charge in [0.25, 0.3) is 0 Å². The summed E-state index contributed by atoms with van der Waals surface area (Å²) in [4.78, 5) is 7.04. The molecule has 1 aliphatic heterocycles. The van der Waals surface area contributed by atoms with Crippen LogP contribution in [0.3, 0.4) is 0 Å². The number of aromatic nitrogens is 1. The molecule has 20 heavy (non-hydrogen) atoms.